The van der Waals surface area contributed by atoms with Gasteiger partial charge in [-0.1, -0.05) is 32.4 Å². The average Bonchev–Trinajstić information content (AvgIpc) is 2.85. The fourth-order valence-electron chi connectivity index (χ4n) is 2.87. The maximum absolute atomic E-state index is 12.5. The first-order valence-corrected chi connectivity index (χ1v) is 7.17. The fourth-order valence-corrected chi connectivity index (χ4v) is 2.87. The second kappa shape index (κ2) is 5.63. The Hall–Kier alpha value is -0.870. The quantitative estimate of drug-likeness (QED) is 0.769. The zero-order valence-corrected chi connectivity index (χ0v) is 12.5. The summed E-state index contributed by atoms with van der Waals surface area (Å²) in [4.78, 5) is 14.5. The molecule has 4 nitrogen and oxygen atoms in total. The van der Waals surface area contributed by atoms with Crippen molar-refractivity contribution in [3.63, 3.8) is 0 Å². The minimum Gasteiger partial charge on any atom is -0.379 e. The van der Waals surface area contributed by atoms with E-state index in [4.69, 9.17) is 4.74 Å². The summed E-state index contributed by atoms with van der Waals surface area (Å²) in [5, 5.41) is 3.18. The summed E-state index contributed by atoms with van der Waals surface area (Å²) in [5.74, 6) is 0.218. The van der Waals surface area contributed by atoms with Gasteiger partial charge >= 0.3 is 0 Å². The Morgan fingerprint density at radius 2 is 2.16 bits per heavy atom. The summed E-state index contributed by atoms with van der Waals surface area (Å²) in [5.41, 5.74) is 1.68. The smallest absolute Gasteiger partial charge is 0.229 e. The van der Waals surface area contributed by atoms with E-state index in [9.17, 15) is 4.79 Å². The van der Waals surface area contributed by atoms with E-state index in [1.165, 1.54) is 5.57 Å². The first kappa shape index (κ1) is 14.5. The van der Waals surface area contributed by atoms with Gasteiger partial charge in [-0.3, -0.25) is 4.79 Å². The molecule has 0 saturated carbocycles. The highest BCUT2D eigenvalue weighted by atomic mass is 16.5. The maximum Gasteiger partial charge on any atom is 0.229 e. The van der Waals surface area contributed by atoms with Crippen LogP contribution < -0.4 is 5.32 Å². The van der Waals surface area contributed by atoms with Crippen LogP contribution >= 0.6 is 0 Å². The van der Waals surface area contributed by atoms with Gasteiger partial charge in [0.15, 0.2) is 0 Å². The molecular formula is C15H26N2O2. The number of nitrogens with one attached hydrogen (secondary N) is 1. The molecule has 4 heteroatoms. The van der Waals surface area contributed by atoms with E-state index < -0.39 is 0 Å². The molecule has 0 bridgehead atoms. The molecule has 1 saturated heterocycles. The molecule has 2 rings (SSSR count). The lowest BCUT2D eigenvalue weighted by atomic mass is 9.83. The van der Waals surface area contributed by atoms with Crippen LogP contribution in [0.4, 0.5) is 0 Å². The van der Waals surface area contributed by atoms with Crippen molar-refractivity contribution in [3.05, 3.63) is 11.6 Å². The van der Waals surface area contributed by atoms with Gasteiger partial charge < -0.3 is 15.0 Å². The summed E-state index contributed by atoms with van der Waals surface area (Å²) in [7, 11) is 1.90. The minimum atomic E-state index is -0.0189. The van der Waals surface area contributed by atoms with Gasteiger partial charge in [-0.05, 0) is 18.9 Å². The van der Waals surface area contributed by atoms with Gasteiger partial charge in [-0.15, -0.1) is 0 Å². The van der Waals surface area contributed by atoms with Crippen LogP contribution in [-0.2, 0) is 9.53 Å². The summed E-state index contributed by atoms with van der Waals surface area (Å²) in [6.07, 6.45) is 3.22. The van der Waals surface area contributed by atoms with E-state index in [2.05, 4.69) is 32.2 Å². The molecule has 1 fully saturated rings. The third-order valence-corrected chi connectivity index (χ3v) is 4.25. The third kappa shape index (κ3) is 3.18. The van der Waals surface area contributed by atoms with Crippen molar-refractivity contribution in [2.45, 2.75) is 33.2 Å². The Morgan fingerprint density at radius 1 is 1.42 bits per heavy atom. The van der Waals surface area contributed by atoms with E-state index in [1.54, 1.807) is 0 Å². The van der Waals surface area contributed by atoms with Gasteiger partial charge in [-0.2, -0.15) is 0 Å². The lowest BCUT2D eigenvalue weighted by molar-refractivity contribution is -0.135. The standard InChI is InChI=1S/C15H26N2O2/c1-15(2,3)11-5-7-17(8-6-11)14(18)12-9-19-10-13(12)16-4/h5,12-13,16H,6-10H2,1-4H3. The molecule has 0 aromatic heterocycles. The third-order valence-electron chi connectivity index (χ3n) is 4.25. The van der Waals surface area contributed by atoms with Crippen molar-refractivity contribution in [1.82, 2.24) is 10.2 Å². The van der Waals surface area contributed by atoms with Crippen molar-refractivity contribution in [2.24, 2.45) is 11.3 Å². The monoisotopic (exact) mass is 266 g/mol. The van der Waals surface area contributed by atoms with Gasteiger partial charge in [0.1, 0.15) is 0 Å². The van der Waals surface area contributed by atoms with E-state index in [1.807, 2.05) is 11.9 Å². The Bertz CT molecular complexity index is 371. The highest BCUT2D eigenvalue weighted by Crippen LogP contribution is 2.30. The molecular weight excluding hydrogens is 240 g/mol. The SMILES string of the molecule is CNC1COCC1C(=O)N1CC=C(C(C)(C)C)CC1. The molecule has 2 aliphatic heterocycles. The van der Waals surface area contributed by atoms with Crippen molar-refractivity contribution < 1.29 is 9.53 Å². The molecule has 108 valence electrons. The molecule has 0 spiro atoms. The summed E-state index contributed by atoms with van der Waals surface area (Å²) >= 11 is 0. The predicted molar refractivity (Wildman–Crippen MR) is 75.9 cm³/mol. The lowest BCUT2D eigenvalue weighted by Gasteiger charge is -2.34. The van der Waals surface area contributed by atoms with Crippen LogP contribution in [0.15, 0.2) is 11.6 Å². The van der Waals surface area contributed by atoms with Crippen LogP contribution in [0.1, 0.15) is 27.2 Å². The van der Waals surface area contributed by atoms with Gasteiger partial charge in [0.2, 0.25) is 5.91 Å². The lowest BCUT2D eigenvalue weighted by Crippen LogP contribution is -2.46. The number of likely N-dealkylation sites (N-methyl/N-ethyl adjacent to an activating group) is 1. The van der Waals surface area contributed by atoms with Crippen molar-refractivity contribution in [1.29, 1.82) is 0 Å². The Morgan fingerprint density at radius 3 is 2.68 bits per heavy atom. The Labute approximate surface area is 116 Å². The Balaban J connectivity index is 1.98. The summed E-state index contributed by atoms with van der Waals surface area (Å²) in [6, 6.07) is 0.167. The van der Waals surface area contributed by atoms with E-state index in [0.717, 1.165) is 19.5 Å². The van der Waals surface area contributed by atoms with Gasteiger partial charge in [0.05, 0.1) is 19.1 Å². The summed E-state index contributed by atoms with van der Waals surface area (Å²) < 4.78 is 5.42. The van der Waals surface area contributed by atoms with Crippen LogP contribution in [0.3, 0.4) is 0 Å². The molecule has 19 heavy (non-hydrogen) atoms. The molecule has 2 unspecified atom stereocenters. The number of carbonyl (C=O) groups excluding carboxylic acids is 1. The van der Waals surface area contributed by atoms with Crippen molar-refractivity contribution in [2.75, 3.05) is 33.4 Å². The van der Waals surface area contributed by atoms with E-state index >= 15 is 0 Å². The molecule has 2 aliphatic rings. The highest BCUT2D eigenvalue weighted by Gasteiger charge is 2.36. The number of hydrogen-bond donors (Lipinski definition) is 1. The largest absolute Gasteiger partial charge is 0.379 e. The zero-order valence-electron chi connectivity index (χ0n) is 12.5. The van der Waals surface area contributed by atoms with Crippen molar-refractivity contribution in [3.8, 4) is 0 Å². The Kier molecular flexibility index (Phi) is 4.31. The predicted octanol–water partition coefficient (Wildman–Crippen LogP) is 1.43. The van der Waals surface area contributed by atoms with Crippen LogP contribution in [0.25, 0.3) is 0 Å². The molecule has 1 N–H and O–H groups in total. The maximum atomic E-state index is 12.5. The number of nitrogens with zero attached hydrogens (tertiary/aromatic N) is 1. The molecule has 0 aliphatic carbocycles. The van der Waals surface area contributed by atoms with Gasteiger partial charge in [0.25, 0.3) is 0 Å². The highest BCUT2D eigenvalue weighted by molar-refractivity contribution is 5.80. The molecule has 1 amide bonds. The normalized spacial score (nSPS) is 28.4. The van der Waals surface area contributed by atoms with Crippen LogP contribution in [0.2, 0.25) is 0 Å². The summed E-state index contributed by atoms with van der Waals surface area (Å²) in [6.45, 7) is 9.49. The van der Waals surface area contributed by atoms with Crippen LogP contribution in [0, 0.1) is 11.3 Å². The van der Waals surface area contributed by atoms with Gasteiger partial charge in [0, 0.05) is 19.1 Å². The zero-order chi connectivity index (χ0) is 14.0. The van der Waals surface area contributed by atoms with E-state index in [-0.39, 0.29) is 23.3 Å². The first-order chi connectivity index (χ1) is 8.93. The number of carbonyl (C=O) groups is 1. The molecule has 0 aromatic carbocycles. The molecule has 0 aromatic rings. The number of amides is 1. The minimum absolute atomic E-state index is 0.0189. The molecule has 2 atom stereocenters. The van der Waals surface area contributed by atoms with Gasteiger partial charge in [-0.25, -0.2) is 0 Å². The molecule has 2 heterocycles. The number of ether oxygens (including phenoxy) is 1. The van der Waals surface area contributed by atoms with E-state index in [0.29, 0.717) is 13.2 Å². The average molecular weight is 266 g/mol. The first-order valence-electron chi connectivity index (χ1n) is 7.17. The fraction of sp³-hybridized carbons (Fsp3) is 0.800. The molecule has 0 radical (unpaired) electrons. The number of hydrogen-bond acceptors (Lipinski definition) is 3. The van der Waals surface area contributed by atoms with Crippen LogP contribution in [-0.4, -0.2) is 50.2 Å². The second-order valence-corrected chi connectivity index (χ2v) is 6.55. The topological polar surface area (TPSA) is 41.6 Å². The van der Waals surface area contributed by atoms with Crippen molar-refractivity contribution >= 4 is 5.91 Å². The number of rotatable bonds is 2. The van der Waals surface area contributed by atoms with Crippen LogP contribution in [0.5, 0.6) is 0 Å². The second-order valence-electron chi connectivity index (χ2n) is 6.55.